The molecule has 0 fully saturated rings. The molecule has 3 rings (SSSR count). The predicted molar refractivity (Wildman–Crippen MR) is 87.7 cm³/mol. The zero-order valence-electron chi connectivity index (χ0n) is 11.8. The SMILES string of the molecule is CCN(Cc1ccccc1)c1nc2ccccc2nc1Cl. The van der Waals surface area contributed by atoms with E-state index in [2.05, 4.69) is 33.9 Å². The fourth-order valence-corrected chi connectivity index (χ4v) is 2.56. The lowest BCUT2D eigenvalue weighted by atomic mass is 10.2. The highest BCUT2D eigenvalue weighted by molar-refractivity contribution is 6.32. The molecule has 1 aromatic heterocycles. The van der Waals surface area contributed by atoms with Crippen molar-refractivity contribution in [3.05, 3.63) is 65.3 Å². The molecule has 2 aromatic carbocycles. The smallest absolute Gasteiger partial charge is 0.172 e. The summed E-state index contributed by atoms with van der Waals surface area (Å²) in [5.41, 5.74) is 2.91. The van der Waals surface area contributed by atoms with Crippen LogP contribution >= 0.6 is 11.6 Å². The Hall–Kier alpha value is -2.13. The summed E-state index contributed by atoms with van der Waals surface area (Å²) in [6.07, 6.45) is 0. The summed E-state index contributed by atoms with van der Waals surface area (Å²) in [5, 5.41) is 0.450. The van der Waals surface area contributed by atoms with Crippen molar-refractivity contribution in [3.8, 4) is 0 Å². The third-order valence-corrected chi connectivity index (χ3v) is 3.66. The Morgan fingerprint density at radius 1 is 0.905 bits per heavy atom. The Bertz CT molecular complexity index is 743. The molecule has 0 saturated carbocycles. The first-order chi connectivity index (χ1) is 10.3. The number of para-hydroxylation sites is 2. The van der Waals surface area contributed by atoms with Crippen LogP contribution in [0.4, 0.5) is 5.82 Å². The van der Waals surface area contributed by atoms with Crippen LogP contribution in [0.2, 0.25) is 5.15 Å². The van der Waals surface area contributed by atoms with Gasteiger partial charge in [0, 0.05) is 13.1 Å². The van der Waals surface area contributed by atoms with Gasteiger partial charge in [0.1, 0.15) is 0 Å². The van der Waals surface area contributed by atoms with Crippen molar-refractivity contribution in [2.75, 3.05) is 11.4 Å². The number of aromatic nitrogens is 2. The largest absolute Gasteiger partial charge is 0.350 e. The van der Waals surface area contributed by atoms with E-state index in [9.17, 15) is 0 Å². The Morgan fingerprint density at radius 3 is 2.19 bits per heavy atom. The molecule has 1 heterocycles. The number of hydrogen-bond donors (Lipinski definition) is 0. The number of fused-ring (bicyclic) bond motifs is 1. The van der Waals surface area contributed by atoms with Gasteiger partial charge in [-0.1, -0.05) is 54.1 Å². The van der Waals surface area contributed by atoms with E-state index in [-0.39, 0.29) is 0 Å². The molecule has 3 aromatic rings. The van der Waals surface area contributed by atoms with Gasteiger partial charge in [-0.3, -0.25) is 0 Å². The summed E-state index contributed by atoms with van der Waals surface area (Å²) in [7, 11) is 0. The van der Waals surface area contributed by atoms with Gasteiger partial charge >= 0.3 is 0 Å². The maximum atomic E-state index is 6.33. The van der Waals surface area contributed by atoms with E-state index in [1.807, 2.05) is 42.5 Å². The molecule has 0 aliphatic rings. The van der Waals surface area contributed by atoms with Crippen LogP contribution < -0.4 is 4.90 Å². The van der Waals surface area contributed by atoms with E-state index >= 15 is 0 Å². The minimum atomic E-state index is 0.450. The first-order valence-electron chi connectivity index (χ1n) is 6.99. The number of hydrogen-bond acceptors (Lipinski definition) is 3. The van der Waals surface area contributed by atoms with Crippen molar-refractivity contribution in [2.45, 2.75) is 13.5 Å². The van der Waals surface area contributed by atoms with Gasteiger partial charge in [0.05, 0.1) is 11.0 Å². The van der Waals surface area contributed by atoms with E-state index in [0.717, 1.165) is 29.9 Å². The van der Waals surface area contributed by atoms with Crippen molar-refractivity contribution in [2.24, 2.45) is 0 Å². The lowest BCUT2D eigenvalue weighted by Crippen LogP contribution is -2.23. The zero-order chi connectivity index (χ0) is 14.7. The second kappa shape index (κ2) is 6.10. The fraction of sp³-hybridized carbons (Fsp3) is 0.176. The molecule has 0 saturated heterocycles. The lowest BCUT2D eigenvalue weighted by Gasteiger charge is -2.23. The maximum Gasteiger partial charge on any atom is 0.172 e. The molecule has 0 aliphatic carbocycles. The van der Waals surface area contributed by atoms with Crippen LogP contribution in [0.15, 0.2) is 54.6 Å². The summed E-state index contributed by atoms with van der Waals surface area (Å²) in [5.74, 6) is 0.738. The molecule has 4 heteroatoms. The second-order valence-electron chi connectivity index (χ2n) is 4.83. The molecule has 0 radical (unpaired) electrons. The molecule has 0 bridgehead atoms. The topological polar surface area (TPSA) is 29.0 Å². The Kier molecular flexibility index (Phi) is 4.02. The lowest BCUT2D eigenvalue weighted by molar-refractivity contribution is 0.813. The molecule has 21 heavy (non-hydrogen) atoms. The van der Waals surface area contributed by atoms with E-state index in [1.54, 1.807) is 0 Å². The van der Waals surface area contributed by atoms with Crippen molar-refractivity contribution in [1.29, 1.82) is 0 Å². The molecule has 0 amide bonds. The number of rotatable bonds is 4. The van der Waals surface area contributed by atoms with Crippen LogP contribution in [0.1, 0.15) is 12.5 Å². The normalized spacial score (nSPS) is 10.8. The average Bonchev–Trinajstić information content (AvgIpc) is 2.53. The Morgan fingerprint density at radius 2 is 1.52 bits per heavy atom. The Labute approximate surface area is 129 Å². The number of anilines is 1. The molecule has 0 N–H and O–H groups in total. The van der Waals surface area contributed by atoms with E-state index in [0.29, 0.717) is 5.15 Å². The van der Waals surface area contributed by atoms with Gasteiger partial charge < -0.3 is 4.90 Å². The third-order valence-electron chi connectivity index (χ3n) is 3.41. The summed E-state index contributed by atoms with van der Waals surface area (Å²) in [4.78, 5) is 11.3. The fourth-order valence-electron chi connectivity index (χ4n) is 2.31. The quantitative estimate of drug-likeness (QED) is 0.718. The minimum absolute atomic E-state index is 0.450. The predicted octanol–water partition coefficient (Wildman–Crippen LogP) is 4.31. The maximum absolute atomic E-state index is 6.33. The van der Waals surface area contributed by atoms with Crippen LogP contribution in [-0.2, 0) is 6.54 Å². The average molecular weight is 298 g/mol. The molecule has 0 aliphatic heterocycles. The molecule has 0 atom stereocenters. The molecule has 0 spiro atoms. The van der Waals surface area contributed by atoms with Gasteiger partial charge in [-0.15, -0.1) is 0 Å². The minimum Gasteiger partial charge on any atom is -0.350 e. The van der Waals surface area contributed by atoms with Crippen molar-refractivity contribution in [3.63, 3.8) is 0 Å². The van der Waals surface area contributed by atoms with Crippen LogP contribution in [0.3, 0.4) is 0 Å². The number of nitrogens with zero attached hydrogens (tertiary/aromatic N) is 3. The highest BCUT2D eigenvalue weighted by Crippen LogP contribution is 2.25. The van der Waals surface area contributed by atoms with Crippen molar-refractivity contribution >= 4 is 28.5 Å². The molecule has 106 valence electrons. The van der Waals surface area contributed by atoms with Crippen LogP contribution in [0.25, 0.3) is 11.0 Å². The second-order valence-corrected chi connectivity index (χ2v) is 5.18. The first kappa shape index (κ1) is 13.8. The van der Waals surface area contributed by atoms with E-state index in [4.69, 9.17) is 11.6 Å². The molecular weight excluding hydrogens is 282 g/mol. The zero-order valence-corrected chi connectivity index (χ0v) is 12.6. The summed E-state index contributed by atoms with van der Waals surface area (Å²) in [6.45, 7) is 3.68. The van der Waals surface area contributed by atoms with Crippen molar-refractivity contribution in [1.82, 2.24) is 9.97 Å². The standard InChI is InChI=1S/C17H16ClN3/c1-2-21(12-13-8-4-3-5-9-13)17-16(18)19-14-10-6-7-11-15(14)20-17/h3-11H,2,12H2,1H3. The van der Waals surface area contributed by atoms with Gasteiger partial charge in [-0.25, -0.2) is 9.97 Å². The van der Waals surface area contributed by atoms with Crippen LogP contribution in [0, 0.1) is 0 Å². The van der Waals surface area contributed by atoms with Gasteiger partial charge in [-0.05, 0) is 24.6 Å². The van der Waals surface area contributed by atoms with Crippen molar-refractivity contribution < 1.29 is 0 Å². The number of benzene rings is 2. The van der Waals surface area contributed by atoms with Gasteiger partial charge in [-0.2, -0.15) is 0 Å². The highest BCUT2D eigenvalue weighted by Gasteiger charge is 2.13. The van der Waals surface area contributed by atoms with Crippen LogP contribution in [-0.4, -0.2) is 16.5 Å². The summed E-state index contributed by atoms with van der Waals surface area (Å²) in [6, 6.07) is 18.1. The van der Waals surface area contributed by atoms with Gasteiger partial charge in [0.2, 0.25) is 0 Å². The summed E-state index contributed by atoms with van der Waals surface area (Å²) >= 11 is 6.33. The molecule has 3 nitrogen and oxygen atoms in total. The monoisotopic (exact) mass is 297 g/mol. The van der Waals surface area contributed by atoms with Gasteiger partial charge in [0.15, 0.2) is 11.0 Å². The van der Waals surface area contributed by atoms with E-state index in [1.165, 1.54) is 5.56 Å². The van der Waals surface area contributed by atoms with Gasteiger partial charge in [0.25, 0.3) is 0 Å². The number of halogens is 1. The summed E-state index contributed by atoms with van der Waals surface area (Å²) < 4.78 is 0. The molecule has 0 unspecified atom stereocenters. The Balaban J connectivity index is 1.98. The van der Waals surface area contributed by atoms with Crippen LogP contribution in [0.5, 0.6) is 0 Å². The molecular formula is C17H16ClN3. The first-order valence-corrected chi connectivity index (χ1v) is 7.37. The van der Waals surface area contributed by atoms with E-state index < -0.39 is 0 Å². The third kappa shape index (κ3) is 2.98. The highest BCUT2D eigenvalue weighted by atomic mass is 35.5.